The number of benzene rings is 9. The van der Waals surface area contributed by atoms with E-state index in [2.05, 4.69) is 239 Å². The van der Waals surface area contributed by atoms with Gasteiger partial charge in [-0.3, -0.25) is 0 Å². The monoisotopic (exact) mass is 884 g/mol. The summed E-state index contributed by atoms with van der Waals surface area (Å²) in [6.45, 7) is 14.1. The van der Waals surface area contributed by atoms with Gasteiger partial charge in [0.05, 0.1) is 22.2 Å². The average molecular weight is 885 g/mol. The number of aromatic nitrogens is 4. The first kappa shape index (κ1) is 40.1. The first-order valence-electron chi connectivity index (χ1n) is 24.4. The van der Waals surface area contributed by atoms with Gasteiger partial charge < -0.3 is 9.13 Å². The van der Waals surface area contributed by atoms with E-state index in [1.165, 1.54) is 105 Å². The van der Waals surface area contributed by atoms with Gasteiger partial charge >= 0.3 is 0 Å². The molecule has 4 nitrogen and oxygen atoms in total. The lowest BCUT2D eigenvalue weighted by atomic mass is 9.34. The van der Waals surface area contributed by atoms with Crippen LogP contribution in [0.5, 0.6) is 0 Å². The molecule has 0 fully saturated rings. The lowest BCUT2D eigenvalue weighted by Gasteiger charge is -2.35. The van der Waals surface area contributed by atoms with Crippen molar-refractivity contribution in [3.63, 3.8) is 0 Å². The fourth-order valence-corrected chi connectivity index (χ4v) is 11.7. The van der Waals surface area contributed by atoms with Gasteiger partial charge in [0.1, 0.15) is 0 Å². The number of rotatable bonds is 4. The Labute approximate surface area is 402 Å². The topological polar surface area (TPSA) is 35.6 Å². The van der Waals surface area contributed by atoms with Gasteiger partial charge in [-0.1, -0.05) is 175 Å². The van der Waals surface area contributed by atoms with Crippen LogP contribution in [0.1, 0.15) is 52.7 Å². The normalized spacial score (nSPS) is 13.0. The van der Waals surface area contributed by atoms with E-state index >= 15 is 0 Å². The first-order valence-corrected chi connectivity index (χ1v) is 24.4. The third-order valence-corrected chi connectivity index (χ3v) is 15.2. The summed E-state index contributed by atoms with van der Waals surface area (Å²) < 4.78 is 5.18. The van der Waals surface area contributed by atoms with Crippen LogP contribution in [0.25, 0.3) is 111 Å². The summed E-state index contributed by atoms with van der Waals surface area (Å²) in [6, 6.07) is 69.8. The third kappa shape index (κ3) is 5.89. The Morgan fingerprint density at radius 2 is 0.841 bits per heavy atom. The van der Waals surface area contributed by atoms with Gasteiger partial charge in [0.25, 0.3) is 6.71 Å². The maximum atomic E-state index is 5.53. The maximum Gasteiger partial charge on any atom is 0.252 e. The summed E-state index contributed by atoms with van der Waals surface area (Å²) in [5, 5.41) is 6.14. The molecule has 5 heterocycles. The van der Waals surface area contributed by atoms with Crippen LogP contribution in [0.4, 0.5) is 0 Å². The van der Waals surface area contributed by atoms with Gasteiger partial charge in [0.15, 0.2) is 5.82 Å². The molecule has 0 unspecified atom stereocenters. The minimum Gasteiger partial charge on any atom is -0.310 e. The van der Waals surface area contributed by atoms with Crippen molar-refractivity contribution < 1.29 is 0 Å². The van der Waals surface area contributed by atoms with Gasteiger partial charge in [-0.05, 0) is 115 Å². The molecule has 9 aromatic carbocycles. The molecule has 0 atom stereocenters. The van der Waals surface area contributed by atoms with Crippen LogP contribution < -0.4 is 16.4 Å². The summed E-state index contributed by atoms with van der Waals surface area (Å²) in [7, 11) is 0. The first-order chi connectivity index (χ1) is 33.5. The predicted molar refractivity (Wildman–Crippen MR) is 292 cm³/mol. The van der Waals surface area contributed by atoms with Gasteiger partial charge in [-0.25, -0.2) is 9.97 Å². The summed E-state index contributed by atoms with van der Waals surface area (Å²) in [4.78, 5) is 10.9. The molecule has 0 amide bonds. The second-order valence-electron chi connectivity index (χ2n) is 21.4. The average Bonchev–Trinajstić information content (AvgIpc) is 3.89. The second kappa shape index (κ2) is 14.3. The van der Waals surface area contributed by atoms with Crippen molar-refractivity contribution in [1.82, 2.24) is 19.1 Å². The molecule has 2 aliphatic heterocycles. The largest absolute Gasteiger partial charge is 0.310 e. The van der Waals surface area contributed by atoms with Crippen molar-refractivity contribution in [2.75, 3.05) is 0 Å². The van der Waals surface area contributed by atoms with Crippen LogP contribution in [0.3, 0.4) is 0 Å². The molecule has 2 aliphatic rings. The highest BCUT2D eigenvalue weighted by Crippen LogP contribution is 2.44. The highest BCUT2D eigenvalue weighted by molar-refractivity contribution is 7.00. The SMILES string of the molecule is CC(C)(C)c1cc2c3c(c1)c1cc(-c4ccccc4)ccc1n3-c1cc(-c3nc(-c4ccccc4)c4ccccc4n3)cc3c1B2c1cc(C(C)(C)C)cc2c4cc(-c5ccccc5)ccc4n-3c12. The third-order valence-electron chi connectivity index (χ3n) is 15.2. The van der Waals surface area contributed by atoms with Crippen LogP contribution in [-0.4, -0.2) is 25.8 Å². The number of hydrogen-bond acceptors (Lipinski definition) is 2. The highest BCUT2D eigenvalue weighted by Gasteiger charge is 2.43. The fraction of sp³-hybridized carbons (Fsp3) is 0.125. The van der Waals surface area contributed by atoms with Crippen LogP contribution in [0.2, 0.25) is 0 Å². The predicted octanol–water partition coefficient (Wildman–Crippen LogP) is 14.2. The van der Waals surface area contributed by atoms with Crippen LogP contribution in [0, 0.1) is 0 Å². The molecule has 3 aromatic heterocycles. The van der Waals surface area contributed by atoms with E-state index in [4.69, 9.17) is 9.97 Å². The molecule has 14 rings (SSSR count). The zero-order chi connectivity index (χ0) is 46.5. The van der Waals surface area contributed by atoms with Gasteiger partial charge in [0, 0.05) is 60.5 Å². The van der Waals surface area contributed by atoms with E-state index in [1.54, 1.807) is 0 Å². The number of fused-ring (bicyclic) bond motifs is 11. The highest BCUT2D eigenvalue weighted by atomic mass is 15.0. The molecule has 69 heavy (non-hydrogen) atoms. The summed E-state index contributed by atoms with van der Waals surface area (Å²) in [6.07, 6.45) is 0. The van der Waals surface area contributed by atoms with Crippen molar-refractivity contribution >= 4 is 77.6 Å². The minimum absolute atomic E-state index is 0.0353. The molecular weight excluding hydrogens is 836 g/mol. The molecule has 328 valence electrons. The lowest BCUT2D eigenvalue weighted by Crippen LogP contribution is -2.59. The standard InChI is InChI=1S/C64H49BN4/c1-63(2,3)44-34-49-47-30-41(38-18-10-7-11-19-38)26-28-54(47)68-56-32-43(62-66-53-25-17-16-24-46(53)59(67-62)40-22-14-9-15-23-40)33-57-58(56)65(51(36-44)60(49)68)52-37-45(64(4,5)6)35-50-48-31-42(39-20-12-8-13-21-39)27-29-55(48)69(57)61(50)52/h7-37H,1-6H3. The fourth-order valence-electron chi connectivity index (χ4n) is 11.7. The van der Waals surface area contributed by atoms with Crippen LogP contribution >= 0.6 is 0 Å². The molecule has 0 aliphatic carbocycles. The molecule has 0 saturated carbocycles. The number of nitrogens with zero attached hydrogens (tertiary/aromatic N) is 4. The van der Waals surface area contributed by atoms with Gasteiger partial charge in [0.2, 0.25) is 0 Å². The number of para-hydroxylation sites is 1. The summed E-state index contributed by atoms with van der Waals surface area (Å²) >= 11 is 0. The van der Waals surface area contributed by atoms with E-state index in [0.29, 0.717) is 5.82 Å². The zero-order valence-electron chi connectivity index (χ0n) is 39.8. The van der Waals surface area contributed by atoms with Gasteiger partial charge in [-0.2, -0.15) is 0 Å². The minimum atomic E-state index is -0.0903. The second-order valence-corrected chi connectivity index (χ2v) is 21.4. The van der Waals surface area contributed by atoms with E-state index in [0.717, 1.165) is 27.7 Å². The summed E-state index contributed by atoms with van der Waals surface area (Å²) in [5.41, 5.74) is 22.6. The van der Waals surface area contributed by atoms with E-state index in [-0.39, 0.29) is 17.5 Å². The van der Waals surface area contributed by atoms with Crippen molar-refractivity contribution in [3.05, 3.63) is 199 Å². The Hall–Kier alpha value is -8.02. The van der Waals surface area contributed by atoms with Crippen molar-refractivity contribution in [2.45, 2.75) is 52.4 Å². The Morgan fingerprint density at radius 1 is 0.377 bits per heavy atom. The molecule has 0 bridgehead atoms. The quantitative estimate of drug-likeness (QED) is 0.165. The number of hydrogen-bond donors (Lipinski definition) is 0. The molecule has 0 saturated heterocycles. The molecule has 12 aromatic rings. The van der Waals surface area contributed by atoms with Crippen molar-refractivity contribution in [3.8, 4) is 56.3 Å². The van der Waals surface area contributed by atoms with E-state index in [9.17, 15) is 0 Å². The van der Waals surface area contributed by atoms with Crippen LogP contribution in [-0.2, 0) is 10.8 Å². The Bertz CT molecular complexity index is 3930. The molecule has 0 spiro atoms. The van der Waals surface area contributed by atoms with Crippen molar-refractivity contribution in [2.24, 2.45) is 0 Å². The van der Waals surface area contributed by atoms with Gasteiger partial charge in [-0.15, -0.1) is 0 Å². The van der Waals surface area contributed by atoms with E-state index < -0.39 is 0 Å². The Kier molecular flexibility index (Phi) is 8.28. The Morgan fingerprint density at radius 3 is 1.33 bits per heavy atom. The molecule has 0 radical (unpaired) electrons. The van der Waals surface area contributed by atoms with Crippen LogP contribution in [0.15, 0.2) is 188 Å². The molecule has 5 heteroatoms. The summed E-state index contributed by atoms with van der Waals surface area (Å²) in [5.74, 6) is 0.712. The van der Waals surface area contributed by atoms with E-state index in [1.807, 2.05) is 0 Å². The maximum absolute atomic E-state index is 5.53. The van der Waals surface area contributed by atoms with Crippen molar-refractivity contribution in [1.29, 1.82) is 0 Å². The molecule has 0 N–H and O–H groups in total. The smallest absolute Gasteiger partial charge is 0.252 e. The lowest BCUT2D eigenvalue weighted by molar-refractivity contribution is 0.591. The molecular formula is C64H49BN4. The zero-order valence-corrected chi connectivity index (χ0v) is 39.8. The Balaban J connectivity index is 1.16.